The largest absolute Gasteiger partial charge is 0.479 e. The minimum absolute atomic E-state index is 0. The summed E-state index contributed by atoms with van der Waals surface area (Å²) in [6, 6.07) is 4.75. The number of halogens is 1. The van der Waals surface area contributed by atoms with Crippen LogP contribution in [0.4, 0.5) is 0 Å². The maximum atomic E-state index is 10.5. The summed E-state index contributed by atoms with van der Waals surface area (Å²) in [5.41, 5.74) is -1.76. The Balaban J connectivity index is 0.00000144. The predicted octanol–water partition coefficient (Wildman–Crippen LogP) is 0.795. The highest BCUT2D eigenvalue weighted by molar-refractivity contribution is 5.85. The molecule has 0 fully saturated rings. The van der Waals surface area contributed by atoms with Gasteiger partial charge in [-0.25, -0.2) is 4.79 Å². The Morgan fingerprint density at radius 1 is 1.54 bits per heavy atom. The van der Waals surface area contributed by atoms with Gasteiger partial charge in [0.1, 0.15) is 0 Å². The van der Waals surface area contributed by atoms with Crippen molar-refractivity contribution in [2.75, 3.05) is 0 Å². The average Bonchev–Trinajstić information content (AvgIpc) is 2.06. The molecule has 1 aromatic rings. The maximum Gasteiger partial charge on any atom is 0.341 e. The molecule has 1 aromatic heterocycles. The van der Waals surface area contributed by atoms with E-state index in [1.54, 1.807) is 12.1 Å². The van der Waals surface area contributed by atoms with Gasteiger partial charge < -0.3 is 10.2 Å². The van der Waals surface area contributed by atoms with Gasteiger partial charge in [0.05, 0.1) is 5.69 Å². The molecule has 1 atom stereocenters. The molecule has 1 unspecified atom stereocenters. The molecule has 0 aliphatic rings. The van der Waals surface area contributed by atoms with Crippen LogP contribution in [0, 0.1) is 0 Å². The van der Waals surface area contributed by atoms with E-state index >= 15 is 0 Å². The van der Waals surface area contributed by atoms with Gasteiger partial charge in [0.15, 0.2) is 0 Å². The van der Waals surface area contributed by atoms with Gasteiger partial charge >= 0.3 is 5.97 Å². The van der Waals surface area contributed by atoms with Crippen LogP contribution in [0.2, 0.25) is 0 Å². The molecule has 0 aromatic carbocycles. The summed E-state index contributed by atoms with van der Waals surface area (Å²) in [4.78, 5) is 14.3. The number of nitrogens with zero attached hydrogens (tertiary/aromatic N) is 1. The van der Waals surface area contributed by atoms with Crippen molar-refractivity contribution in [3.05, 3.63) is 30.1 Å². The molecule has 0 saturated carbocycles. The minimum atomic E-state index is -1.90. The van der Waals surface area contributed by atoms with Gasteiger partial charge in [-0.1, -0.05) is 6.07 Å². The number of pyridine rings is 1. The molecule has 0 aliphatic carbocycles. The third kappa shape index (κ3) is 2.40. The summed E-state index contributed by atoms with van der Waals surface area (Å²) in [6.07, 6.45) is 1.44. The fraction of sp³-hybridized carbons (Fsp3) is 0.250. The highest BCUT2D eigenvalue weighted by atomic mass is 35.5. The first-order chi connectivity index (χ1) is 5.55. The van der Waals surface area contributed by atoms with Crippen molar-refractivity contribution >= 4 is 18.4 Å². The molecule has 0 radical (unpaired) electrons. The number of carboxylic acid groups (broad SMARTS) is 1. The molecule has 4 nitrogen and oxygen atoms in total. The van der Waals surface area contributed by atoms with Crippen molar-refractivity contribution in [3.63, 3.8) is 0 Å². The van der Waals surface area contributed by atoms with Gasteiger partial charge in [-0.2, -0.15) is 0 Å². The number of hydrogen-bond acceptors (Lipinski definition) is 3. The van der Waals surface area contributed by atoms with Crippen molar-refractivity contribution in [2.45, 2.75) is 12.5 Å². The Labute approximate surface area is 81.6 Å². The van der Waals surface area contributed by atoms with Crippen molar-refractivity contribution in [1.82, 2.24) is 4.98 Å². The summed E-state index contributed by atoms with van der Waals surface area (Å²) in [7, 11) is 0. The van der Waals surface area contributed by atoms with Gasteiger partial charge in [0.25, 0.3) is 0 Å². The topological polar surface area (TPSA) is 70.4 Å². The van der Waals surface area contributed by atoms with Crippen LogP contribution in [0.1, 0.15) is 12.6 Å². The second-order valence-corrected chi connectivity index (χ2v) is 2.59. The normalized spacial score (nSPS) is 14.0. The van der Waals surface area contributed by atoms with E-state index in [9.17, 15) is 9.90 Å². The van der Waals surface area contributed by atoms with Crippen molar-refractivity contribution in [1.29, 1.82) is 0 Å². The standard InChI is InChI=1S/C8H9NO3.ClH/c1-8(12,7(10)11)6-4-2-3-5-9-6;/h2-5,12H,1H3,(H,10,11);1H. The molecule has 0 bridgehead atoms. The molecular formula is C8H10ClNO3. The van der Waals surface area contributed by atoms with E-state index in [0.29, 0.717) is 0 Å². The van der Waals surface area contributed by atoms with Crippen LogP contribution in [0.5, 0.6) is 0 Å². The van der Waals surface area contributed by atoms with E-state index in [1.165, 1.54) is 19.2 Å². The first-order valence-electron chi connectivity index (χ1n) is 3.42. The van der Waals surface area contributed by atoms with Crippen LogP contribution in [0.15, 0.2) is 24.4 Å². The summed E-state index contributed by atoms with van der Waals surface area (Å²) in [5.74, 6) is -1.30. The zero-order valence-electron chi connectivity index (χ0n) is 6.97. The number of aliphatic carboxylic acids is 1. The van der Waals surface area contributed by atoms with Gasteiger partial charge in [0, 0.05) is 6.20 Å². The van der Waals surface area contributed by atoms with E-state index in [1.807, 2.05) is 0 Å². The van der Waals surface area contributed by atoms with Gasteiger partial charge in [0.2, 0.25) is 5.60 Å². The number of aliphatic hydroxyl groups is 1. The summed E-state index contributed by atoms with van der Waals surface area (Å²) in [5, 5.41) is 18.0. The smallest absolute Gasteiger partial charge is 0.341 e. The Hall–Kier alpha value is -1.13. The van der Waals surface area contributed by atoms with Crippen LogP contribution in [-0.4, -0.2) is 21.2 Å². The Kier molecular flexibility index (Phi) is 3.84. The summed E-state index contributed by atoms with van der Waals surface area (Å²) < 4.78 is 0. The lowest BCUT2D eigenvalue weighted by molar-refractivity contribution is -0.158. The maximum absolute atomic E-state index is 10.5. The van der Waals surface area contributed by atoms with Gasteiger partial charge in [-0.05, 0) is 19.1 Å². The van der Waals surface area contributed by atoms with Gasteiger partial charge in [-0.15, -0.1) is 12.4 Å². The minimum Gasteiger partial charge on any atom is -0.479 e. The quantitative estimate of drug-likeness (QED) is 0.746. The average molecular weight is 204 g/mol. The van der Waals surface area contributed by atoms with Crippen LogP contribution in [0.3, 0.4) is 0 Å². The molecule has 0 aliphatic heterocycles. The summed E-state index contributed by atoms with van der Waals surface area (Å²) >= 11 is 0. The number of rotatable bonds is 2. The van der Waals surface area contributed by atoms with Crippen LogP contribution in [-0.2, 0) is 10.4 Å². The van der Waals surface area contributed by atoms with E-state index < -0.39 is 11.6 Å². The van der Waals surface area contributed by atoms with Crippen molar-refractivity contribution in [3.8, 4) is 0 Å². The van der Waals surface area contributed by atoms with Crippen LogP contribution >= 0.6 is 12.4 Å². The molecule has 72 valence electrons. The Morgan fingerprint density at radius 2 is 2.15 bits per heavy atom. The highest BCUT2D eigenvalue weighted by Gasteiger charge is 2.33. The third-order valence-electron chi connectivity index (χ3n) is 1.58. The summed E-state index contributed by atoms with van der Waals surface area (Å²) in [6.45, 7) is 1.19. The SMILES string of the molecule is CC(O)(C(=O)O)c1ccccn1.Cl. The van der Waals surface area contributed by atoms with E-state index in [0.717, 1.165) is 0 Å². The lowest BCUT2D eigenvalue weighted by Crippen LogP contribution is -2.32. The molecule has 13 heavy (non-hydrogen) atoms. The first kappa shape index (κ1) is 11.9. The van der Waals surface area contributed by atoms with Crippen molar-refractivity contribution in [2.24, 2.45) is 0 Å². The van der Waals surface area contributed by atoms with E-state index in [2.05, 4.69) is 4.98 Å². The zero-order valence-corrected chi connectivity index (χ0v) is 7.78. The molecule has 1 heterocycles. The molecule has 0 amide bonds. The molecule has 0 spiro atoms. The first-order valence-corrected chi connectivity index (χ1v) is 3.42. The molecule has 1 rings (SSSR count). The lowest BCUT2D eigenvalue weighted by atomic mass is 10.0. The van der Waals surface area contributed by atoms with E-state index in [-0.39, 0.29) is 18.1 Å². The number of carboxylic acids is 1. The van der Waals surface area contributed by atoms with Crippen LogP contribution < -0.4 is 0 Å². The number of aromatic nitrogens is 1. The molecule has 5 heteroatoms. The Bertz CT molecular complexity index is 287. The van der Waals surface area contributed by atoms with E-state index in [4.69, 9.17) is 5.11 Å². The fourth-order valence-electron chi connectivity index (χ4n) is 0.760. The third-order valence-corrected chi connectivity index (χ3v) is 1.58. The van der Waals surface area contributed by atoms with Gasteiger partial charge in [-0.3, -0.25) is 4.98 Å². The fourth-order valence-corrected chi connectivity index (χ4v) is 0.760. The second kappa shape index (κ2) is 4.20. The molecule has 0 saturated heterocycles. The van der Waals surface area contributed by atoms with Crippen molar-refractivity contribution < 1.29 is 15.0 Å². The van der Waals surface area contributed by atoms with Crippen LogP contribution in [0.25, 0.3) is 0 Å². The Morgan fingerprint density at radius 3 is 2.54 bits per heavy atom. The monoisotopic (exact) mass is 203 g/mol. The highest BCUT2D eigenvalue weighted by Crippen LogP contribution is 2.17. The number of carbonyl (C=O) groups is 1. The molecular weight excluding hydrogens is 194 g/mol. The zero-order chi connectivity index (χ0) is 9.19. The second-order valence-electron chi connectivity index (χ2n) is 2.59. The lowest BCUT2D eigenvalue weighted by Gasteiger charge is -2.16. The predicted molar refractivity (Wildman–Crippen MR) is 48.7 cm³/mol. The molecule has 2 N–H and O–H groups in total. The number of hydrogen-bond donors (Lipinski definition) is 2.